The summed E-state index contributed by atoms with van der Waals surface area (Å²) in [5.74, 6) is -0.263. The van der Waals surface area contributed by atoms with Crippen LogP contribution < -0.4 is 10.6 Å². The maximum absolute atomic E-state index is 13.0. The fourth-order valence-corrected chi connectivity index (χ4v) is 3.55. The third-order valence-electron chi connectivity index (χ3n) is 4.38. The molecular weight excluding hydrogens is 361 g/mol. The lowest BCUT2D eigenvalue weighted by Crippen LogP contribution is -2.30. The van der Waals surface area contributed by atoms with Crippen LogP contribution in [0.4, 0.5) is 13.2 Å². The Morgan fingerprint density at radius 3 is 2.77 bits per heavy atom. The van der Waals surface area contributed by atoms with Crippen molar-refractivity contribution in [2.45, 2.75) is 52.8 Å². The Morgan fingerprint density at radius 2 is 2.12 bits per heavy atom. The zero-order valence-corrected chi connectivity index (χ0v) is 16.1. The smallest absolute Gasteiger partial charge is 0.322 e. The predicted molar refractivity (Wildman–Crippen MR) is 99.2 cm³/mol. The van der Waals surface area contributed by atoms with Crippen LogP contribution in [0, 0.1) is 5.41 Å². The highest BCUT2D eigenvalue weighted by Crippen LogP contribution is 2.38. The number of thiophene rings is 1. The molecule has 0 atom stereocenters. The van der Waals surface area contributed by atoms with Crippen molar-refractivity contribution >= 4 is 17.2 Å². The summed E-state index contributed by atoms with van der Waals surface area (Å²) in [5.41, 5.74) is 0.108. The summed E-state index contributed by atoms with van der Waals surface area (Å²) in [4.78, 5) is 13.8. The summed E-state index contributed by atoms with van der Waals surface area (Å²) >= 11 is 1.54. The molecule has 144 valence electrons. The third kappa shape index (κ3) is 4.98. The Labute approximate surface area is 156 Å². The van der Waals surface area contributed by atoms with Crippen LogP contribution in [0.3, 0.4) is 0 Å². The fourth-order valence-electron chi connectivity index (χ4n) is 2.50. The molecule has 1 amide bonds. The van der Waals surface area contributed by atoms with Crippen LogP contribution in [-0.4, -0.2) is 18.6 Å². The van der Waals surface area contributed by atoms with E-state index in [2.05, 4.69) is 10.6 Å². The normalized spacial score (nSPS) is 16.0. The average Bonchev–Trinajstić information content (AvgIpc) is 3.00. The van der Waals surface area contributed by atoms with Gasteiger partial charge in [0.25, 0.3) is 5.91 Å². The first-order chi connectivity index (χ1) is 12.2. The minimum absolute atomic E-state index is 0.263. The van der Waals surface area contributed by atoms with E-state index in [1.807, 2.05) is 12.3 Å². The van der Waals surface area contributed by atoms with Crippen LogP contribution in [0.15, 0.2) is 29.3 Å². The highest BCUT2D eigenvalue weighted by Gasteiger charge is 2.45. The number of carbonyl (C=O) groups excluding carboxylic acids is 1. The molecule has 0 spiro atoms. The molecule has 1 aliphatic rings. The van der Waals surface area contributed by atoms with Crippen LogP contribution in [-0.2, 0) is 13.0 Å². The van der Waals surface area contributed by atoms with E-state index in [-0.39, 0.29) is 5.91 Å². The number of carbonyl (C=O) groups is 1. The molecule has 0 aromatic carbocycles. The SMILES string of the molecule is CCC/C=C(\C=C\C(C)(C)C(F)(F)F)NC(=O)c1csc2c1CCNC2. The molecule has 1 aromatic rings. The largest absolute Gasteiger partial charge is 0.397 e. The minimum Gasteiger partial charge on any atom is -0.322 e. The van der Waals surface area contributed by atoms with E-state index >= 15 is 0 Å². The monoisotopic (exact) mass is 386 g/mol. The van der Waals surface area contributed by atoms with Gasteiger partial charge in [0.15, 0.2) is 0 Å². The minimum atomic E-state index is -4.34. The molecule has 0 radical (unpaired) electrons. The first-order valence-electron chi connectivity index (χ1n) is 8.73. The van der Waals surface area contributed by atoms with Crippen LogP contribution in [0.1, 0.15) is 54.4 Å². The number of halogens is 3. The van der Waals surface area contributed by atoms with E-state index in [1.165, 1.54) is 17.4 Å². The molecule has 0 saturated heterocycles. The van der Waals surface area contributed by atoms with Gasteiger partial charge in [-0.25, -0.2) is 0 Å². The second-order valence-electron chi connectivity index (χ2n) is 6.93. The number of unbranched alkanes of at least 4 members (excludes halogenated alkanes) is 1. The fraction of sp³-hybridized carbons (Fsp3) is 0.526. The highest BCUT2D eigenvalue weighted by molar-refractivity contribution is 7.10. The number of fused-ring (bicyclic) bond motifs is 1. The van der Waals surface area contributed by atoms with Gasteiger partial charge in [0.2, 0.25) is 0 Å². The van der Waals surface area contributed by atoms with E-state index < -0.39 is 11.6 Å². The first kappa shape index (κ1) is 20.7. The Hall–Kier alpha value is -1.60. The van der Waals surface area contributed by atoms with Crippen LogP contribution >= 0.6 is 11.3 Å². The summed E-state index contributed by atoms with van der Waals surface area (Å²) in [6, 6.07) is 0. The third-order valence-corrected chi connectivity index (χ3v) is 5.41. The number of hydrogen-bond acceptors (Lipinski definition) is 3. The van der Waals surface area contributed by atoms with Crippen LogP contribution in [0.25, 0.3) is 0 Å². The highest BCUT2D eigenvalue weighted by atomic mass is 32.1. The van der Waals surface area contributed by atoms with Gasteiger partial charge in [0, 0.05) is 22.5 Å². The van der Waals surface area contributed by atoms with Gasteiger partial charge in [-0.1, -0.05) is 25.5 Å². The second-order valence-corrected chi connectivity index (χ2v) is 7.90. The maximum atomic E-state index is 13.0. The first-order valence-corrected chi connectivity index (χ1v) is 9.61. The quantitative estimate of drug-likeness (QED) is 0.679. The molecule has 0 aliphatic carbocycles. The maximum Gasteiger partial charge on any atom is 0.397 e. The molecule has 26 heavy (non-hydrogen) atoms. The van der Waals surface area contributed by atoms with Gasteiger partial charge < -0.3 is 10.6 Å². The predicted octanol–water partition coefficient (Wildman–Crippen LogP) is 4.95. The number of rotatable bonds is 6. The lowest BCUT2D eigenvalue weighted by atomic mass is 9.92. The average molecular weight is 386 g/mol. The Morgan fingerprint density at radius 1 is 1.38 bits per heavy atom. The Kier molecular flexibility index (Phi) is 6.69. The molecule has 0 fully saturated rings. The molecule has 7 heteroatoms. The summed E-state index contributed by atoms with van der Waals surface area (Å²) in [5, 5.41) is 7.87. The molecule has 2 rings (SSSR count). The van der Waals surface area contributed by atoms with Crippen molar-refractivity contribution in [3.63, 3.8) is 0 Å². The van der Waals surface area contributed by atoms with Gasteiger partial charge >= 0.3 is 6.18 Å². The number of nitrogens with one attached hydrogen (secondary N) is 2. The van der Waals surface area contributed by atoms with Crippen molar-refractivity contribution in [1.29, 1.82) is 0 Å². The van der Waals surface area contributed by atoms with Crippen LogP contribution in [0.5, 0.6) is 0 Å². The number of alkyl halides is 3. The van der Waals surface area contributed by atoms with Crippen LogP contribution in [0.2, 0.25) is 0 Å². The molecule has 0 saturated carbocycles. The Balaban J connectivity index is 2.18. The van der Waals surface area contributed by atoms with E-state index in [0.29, 0.717) is 17.7 Å². The molecule has 2 N–H and O–H groups in total. The lowest BCUT2D eigenvalue weighted by Gasteiger charge is -2.24. The van der Waals surface area contributed by atoms with Gasteiger partial charge in [-0.15, -0.1) is 11.3 Å². The van der Waals surface area contributed by atoms with Crippen molar-refractivity contribution in [3.8, 4) is 0 Å². The van der Waals surface area contributed by atoms with E-state index in [9.17, 15) is 18.0 Å². The Bertz CT molecular complexity index is 702. The van der Waals surface area contributed by atoms with E-state index in [4.69, 9.17) is 0 Å². The molecule has 0 unspecified atom stereocenters. The van der Waals surface area contributed by atoms with E-state index in [0.717, 1.165) is 56.3 Å². The van der Waals surface area contributed by atoms with Gasteiger partial charge in [0.05, 0.1) is 11.0 Å². The second kappa shape index (κ2) is 8.39. The van der Waals surface area contributed by atoms with E-state index in [1.54, 1.807) is 6.08 Å². The molecule has 1 aromatic heterocycles. The summed E-state index contributed by atoms with van der Waals surface area (Å²) < 4.78 is 39.1. The molecule has 1 aliphatic heterocycles. The molecule has 0 bridgehead atoms. The van der Waals surface area contributed by atoms with Crippen molar-refractivity contribution < 1.29 is 18.0 Å². The molecular formula is C19H25F3N2OS. The zero-order valence-electron chi connectivity index (χ0n) is 15.3. The van der Waals surface area contributed by atoms with Gasteiger partial charge in [-0.2, -0.15) is 13.2 Å². The van der Waals surface area contributed by atoms with Crippen molar-refractivity contribution in [3.05, 3.63) is 45.3 Å². The van der Waals surface area contributed by atoms with Gasteiger partial charge in [-0.3, -0.25) is 4.79 Å². The van der Waals surface area contributed by atoms with Gasteiger partial charge in [0.1, 0.15) is 0 Å². The summed E-state index contributed by atoms with van der Waals surface area (Å²) in [6.45, 7) is 5.78. The zero-order chi connectivity index (χ0) is 19.4. The number of amides is 1. The van der Waals surface area contributed by atoms with Crippen molar-refractivity contribution in [2.24, 2.45) is 5.41 Å². The lowest BCUT2D eigenvalue weighted by molar-refractivity contribution is -0.193. The number of hydrogen-bond donors (Lipinski definition) is 2. The summed E-state index contributed by atoms with van der Waals surface area (Å²) in [7, 11) is 0. The summed E-state index contributed by atoms with van der Waals surface area (Å²) in [6.07, 6.45) is 2.19. The van der Waals surface area contributed by atoms with Crippen molar-refractivity contribution in [1.82, 2.24) is 10.6 Å². The molecule has 3 nitrogen and oxygen atoms in total. The van der Waals surface area contributed by atoms with Gasteiger partial charge in [-0.05, 0) is 44.9 Å². The standard InChI is InChI=1S/C19H25F3N2OS/c1-4-5-6-13(7-9-18(2,3)19(20,21)22)24-17(25)15-12-26-16-11-23-10-8-14(15)16/h6-7,9,12,23H,4-5,8,10-11H2,1-3H3,(H,24,25)/b9-7+,13-6+. The topological polar surface area (TPSA) is 41.1 Å². The molecule has 2 heterocycles. The number of allylic oxidation sites excluding steroid dienone is 3. The van der Waals surface area contributed by atoms with Crippen molar-refractivity contribution in [2.75, 3.05) is 6.54 Å².